The third kappa shape index (κ3) is 5.61. The van der Waals surface area contributed by atoms with E-state index < -0.39 is 0 Å². The van der Waals surface area contributed by atoms with Gasteiger partial charge in [-0.25, -0.2) is 0 Å². The van der Waals surface area contributed by atoms with Gasteiger partial charge >= 0.3 is 0 Å². The van der Waals surface area contributed by atoms with Gasteiger partial charge in [0.1, 0.15) is 0 Å². The smallest absolute Gasteiger partial charge is 0.0410 e. The summed E-state index contributed by atoms with van der Waals surface area (Å²) in [6, 6.07) is 2.68. The second kappa shape index (κ2) is 7.02. The number of hydrogen-bond acceptors (Lipinski definition) is 2. The van der Waals surface area contributed by atoms with E-state index >= 15 is 0 Å². The third-order valence-corrected chi connectivity index (χ3v) is 3.03. The molecule has 0 spiro atoms. The summed E-state index contributed by atoms with van der Waals surface area (Å²) in [6.45, 7) is 7.68. The maximum absolute atomic E-state index is 4.15. The van der Waals surface area contributed by atoms with Crippen LogP contribution in [0.3, 0.4) is 0 Å². The van der Waals surface area contributed by atoms with Crippen LogP contribution in [0.4, 0.5) is 0 Å². The summed E-state index contributed by atoms with van der Waals surface area (Å²) < 4.78 is 1.04. The summed E-state index contributed by atoms with van der Waals surface area (Å²) in [7, 11) is 0. The Bertz CT molecular complexity index is 313. The van der Waals surface area contributed by atoms with Crippen LogP contribution < -0.4 is 5.32 Å². The van der Waals surface area contributed by atoms with Crippen molar-refractivity contribution in [2.24, 2.45) is 5.92 Å². The first kappa shape index (κ1) is 13.7. The number of rotatable bonds is 6. The fourth-order valence-electron chi connectivity index (χ4n) is 1.53. The molecule has 0 aromatic carbocycles. The van der Waals surface area contributed by atoms with Crippen LogP contribution in [0.15, 0.2) is 22.9 Å². The molecule has 1 heterocycles. The molecule has 3 heteroatoms. The van der Waals surface area contributed by atoms with Gasteiger partial charge in [0.05, 0.1) is 0 Å². The van der Waals surface area contributed by atoms with E-state index in [1.165, 1.54) is 18.4 Å². The lowest BCUT2D eigenvalue weighted by molar-refractivity contribution is 0.450. The van der Waals surface area contributed by atoms with Gasteiger partial charge in [-0.3, -0.25) is 4.98 Å². The van der Waals surface area contributed by atoms with Crippen molar-refractivity contribution in [3.05, 3.63) is 28.5 Å². The van der Waals surface area contributed by atoms with Crippen LogP contribution >= 0.6 is 15.9 Å². The predicted octanol–water partition coefficient (Wildman–Crippen LogP) is 3.76. The fourth-order valence-corrected chi connectivity index (χ4v) is 1.94. The second-order valence-corrected chi connectivity index (χ2v) is 5.68. The van der Waals surface area contributed by atoms with Crippen LogP contribution in [-0.4, -0.2) is 11.0 Å². The van der Waals surface area contributed by atoms with Crippen molar-refractivity contribution >= 4 is 15.9 Å². The average Bonchev–Trinajstić information content (AvgIpc) is 2.23. The van der Waals surface area contributed by atoms with Gasteiger partial charge in [0, 0.05) is 29.5 Å². The van der Waals surface area contributed by atoms with Crippen LogP contribution in [-0.2, 0) is 6.54 Å². The molecular weight excluding hydrogens is 264 g/mol. The highest BCUT2D eigenvalue weighted by Crippen LogP contribution is 2.10. The summed E-state index contributed by atoms with van der Waals surface area (Å²) in [5, 5.41) is 3.52. The molecule has 0 radical (unpaired) electrons. The summed E-state index contributed by atoms with van der Waals surface area (Å²) in [5.41, 5.74) is 1.23. The van der Waals surface area contributed by atoms with Crippen molar-refractivity contribution in [1.82, 2.24) is 10.3 Å². The highest BCUT2D eigenvalue weighted by atomic mass is 79.9. The van der Waals surface area contributed by atoms with E-state index in [0.717, 1.165) is 16.9 Å². The van der Waals surface area contributed by atoms with Gasteiger partial charge in [0.15, 0.2) is 0 Å². The molecule has 90 valence electrons. The van der Waals surface area contributed by atoms with Crippen molar-refractivity contribution in [3.63, 3.8) is 0 Å². The fraction of sp³-hybridized carbons (Fsp3) is 0.615. The molecule has 16 heavy (non-hydrogen) atoms. The summed E-state index contributed by atoms with van der Waals surface area (Å²) in [5.74, 6) is 0.789. The quantitative estimate of drug-likeness (QED) is 0.861. The van der Waals surface area contributed by atoms with Crippen molar-refractivity contribution in [2.45, 2.75) is 46.2 Å². The Balaban J connectivity index is 2.28. The Labute approximate surface area is 107 Å². The standard InChI is InChI=1S/C13H21BrN2/c1-10(2)4-5-11(3)16-8-12-6-13(14)9-15-7-12/h6-7,9-11,16H,4-5,8H2,1-3H3. The first-order valence-electron chi connectivity index (χ1n) is 5.90. The third-order valence-electron chi connectivity index (χ3n) is 2.59. The van der Waals surface area contributed by atoms with E-state index in [4.69, 9.17) is 0 Å². The first-order chi connectivity index (χ1) is 7.58. The molecule has 2 nitrogen and oxygen atoms in total. The van der Waals surface area contributed by atoms with E-state index in [2.05, 4.69) is 53.1 Å². The number of halogens is 1. The van der Waals surface area contributed by atoms with Crippen LogP contribution in [0.25, 0.3) is 0 Å². The van der Waals surface area contributed by atoms with Gasteiger partial charge in [-0.2, -0.15) is 0 Å². The van der Waals surface area contributed by atoms with Crippen LogP contribution in [0.5, 0.6) is 0 Å². The van der Waals surface area contributed by atoms with Crippen LogP contribution in [0.2, 0.25) is 0 Å². The topological polar surface area (TPSA) is 24.9 Å². The van der Waals surface area contributed by atoms with Crippen molar-refractivity contribution in [1.29, 1.82) is 0 Å². The molecule has 1 aromatic heterocycles. The molecule has 1 N–H and O–H groups in total. The normalized spacial score (nSPS) is 13.1. The van der Waals surface area contributed by atoms with Gasteiger partial charge in [-0.1, -0.05) is 13.8 Å². The first-order valence-corrected chi connectivity index (χ1v) is 6.70. The predicted molar refractivity (Wildman–Crippen MR) is 72.3 cm³/mol. The molecule has 0 aliphatic rings. The van der Waals surface area contributed by atoms with Gasteiger partial charge in [0.2, 0.25) is 0 Å². The zero-order valence-electron chi connectivity index (χ0n) is 10.3. The molecule has 1 atom stereocenters. The van der Waals surface area contributed by atoms with Gasteiger partial charge in [-0.15, -0.1) is 0 Å². The Morgan fingerprint density at radius 3 is 2.62 bits per heavy atom. The minimum Gasteiger partial charge on any atom is -0.310 e. The van der Waals surface area contributed by atoms with Crippen LogP contribution in [0.1, 0.15) is 39.2 Å². The van der Waals surface area contributed by atoms with E-state index in [1.807, 2.05) is 12.4 Å². The average molecular weight is 285 g/mol. The molecule has 0 fully saturated rings. The maximum atomic E-state index is 4.15. The minimum absolute atomic E-state index is 0.571. The van der Waals surface area contributed by atoms with Crippen molar-refractivity contribution in [3.8, 4) is 0 Å². The molecule has 0 saturated heterocycles. The lowest BCUT2D eigenvalue weighted by atomic mass is 10.0. The largest absolute Gasteiger partial charge is 0.310 e. The van der Waals surface area contributed by atoms with Gasteiger partial charge < -0.3 is 5.32 Å². The van der Waals surface area contributed by atoms with E-state index in [1.54, 1.807) is 0 Å². The molecule has 0 saturated carbocycles. The number of nitrogens with one attached hydrogen (secondary N) is 1. The Morgan fingerprint density at radius 2 is 2.00 bits per heavy atom. The summed E-state index contributed by atoms with van der Waals surface area (Å²) >= 11 is 3.43. The molecule has 0 bridgehead atoms. The van der Waals surface area contributed by atoms with Gasteiger partial charge in [0.25, 0.3) is 0 Å². The lowest BCUT2D eigenvalue weighted by Gasteiger charge is -2.14. The van der Waals surface area contributed by atoms with E-state index in [-0.39, 0.29) is 0 Å². The molecule has 1 aromatic rings. The molecule has 0 aliphatic carbocycles. The lowest BCUT2D eigenvalue weighted by Crippen LogP contribution is -2.25. The summed E-state index contributed by atoms with van der Waals surface area (Å²) in [6.07, 6.45) is 6.24. The minimum atomic E-state index is 0.571. The SMILES string of the molecule is CC(C)CCC(C)NCc1cncc(Br)c1. The highest BCUT2D eigenvalue weighted by Gasteiger charge is 2.03. The number of nitrogens with zero attached hydrogens (tertiary/aromatic N) is 1. The molecule has 1 unspecified atom stereocenters. The Morgan fingerprint density at radius 1 is 1.25 bits per heavy atom. The maximum Gasteiger partial charge on any atom is 0.0410 e. The van der Waals surface area contributed by atoms with Crippen molar-refractivity contribution < 1.29 is 0 Å². The zero-order chi connectivity index (χ0) is 12.0. The number of pyridine rings is 1. The molecule has 0 amide bonds. The number of aromatic nitrogens is 1. The van der Waals surface area contributed by atoms with E-state index in [0.29, 0.717) is 6.04 Å². The highest BCUT2D eigenvalue weighted by molar-refractivity contribution is 9.10. The van der Waals surface area contributed by atoms with E-state index in [9.17, 15) is 0 Å². The Hall–Kier alpha value is -0.410. The monoisotopic (exact) mass is 284 g/mol. The summed E-state index contributed by atoms with van der Waals surface area (Å²) in [4.78, 5) is 4.15. The molecule has 0 aliphatic heterocycles. The molecular formula is C13H21BrN2. The van der Waals surface area contributed by atoms with Crippen LogP contribution in [0, 0.1) is 5.92 Å². The van der Waals surface area contributed by atoms with Gasteiger partial charge in [-0.05, 0) is 53.2 Å². The zero-order valence-corrected chi connectivity index (χ0v) is 11.9. The molecule has 1 rings (SSSR count). The second-order valence-electron chi connectivity index (χ2n) is 4.76. The Kier molecular flexibility index (Phi) is 5.99. The van der Waals surface area contributed by atoms with Crippen molar-refractivity contribution in [2.75, 3.05) is 0 Å². The number of hydrogen-bond donors (Lipinski definition) is 1.